The molecule has 1 amide bonds. The van der Waals surface area contributed by atoms with Gasteiger partial charge in [0.1, 0.15) is 0 Å². The van der Waals surface area contributed by atoms with Crippen LogP contribution in [0.2, 0.25) is 0 Å². The number of hydrogen-bond donors (Lipinski definition) is 1. The number of methoxy groups -OCH3 is 2. The van der Waals surface area contributed by atoms with Gasteiger partial charge in [-0.25, -0.2) is 9.50 Å². The number of nitrogens with zero attached hydrogens (tertiary/aromatic N) is 6. The van der Waals surface area contributed by atoms with E-state index in [1.807, 2.05) is 0 Å². The number of fused-ring (bicyclic) bond motifs is 1. The van der Waals surface area contributed by atoms with Crippen molar-refractivity contribution < 1.29 is 14.3 Å². The molecule has 0 aromatic carbocycles. The lowest BCUT2D eigenvalue weighted by atomic mass is 10.6. The Labute approximate surface area is 140 Å². The van der Waals surface area contributed by atoms with Gasteiger partial charge in [0.05, 0.1) is 26.0 Å². The fourth-order valence-electron chi connectivity index (χ4n) is 1.73. The predicted molar refractivity (Wildman–Crippen MR) is 85.3 cm³/mol. The highest BCUT2D eigenvalue weighted by Gasteiger charge is 2.11. The molecule has 0 spiro atoms. The van der Waals surface area contributed by atoms with Gasteiger partial charge in [-0.1, -0.05) is 11.8 Å². The largest absolute Gasteiger partial charge is 0.481 e. The molecule has 24 heavy (non-hydrogen) atoms. The van der Waals surface area contributed by atoms with Crippen LogP contribution in [0.5, 0.6) is 11.8 Å². The number of carbonyl (C=O) groups is 1. The number of carbonyl (C=O) groups excluding carboxylic acids is 1. The smallest absolute Gasteiger partial charge is 0.253 e. The van der Waals surface area contributed by atoms with Crippen LogP contribution in [0.4, 0.5) is 5.95 Å². The van der Waals surface area contributed by atoms with Gasteiger partial charge in [0, 0.05) is 12.4 Å². The lowest BCUT2D eigenvalue weighted by Gasteiger charge is -2.06. The summed E-state index contributed by atoms with van der Waals surface area (Å²) < 4.78 is 11.6. The zero-order valence-corrected chi connectivity index (χ0v) is 13.6. The van der Waals surface area contributed by atoms with Crippen molar-refractivity contribution in [2.45, 2.75) is 5.16 Å². The van der Waals surface area contributed by atoms with Crippen molar-refractivity contribution in [3.05, 3.63) is 24.5 Å². The molecule has 0 aliphatic rings. The molecule has 3 rings (SSSR count). The van der Waals surface area contributed by atoms with Crippen LogP contribution in [0, 0.1) is 0 Å². The highest BCUT2D eigenvalue weighted by molar-refractivity contribution is 7.99. The zero-order chi connectivity index (χ0) is 16.9. The third-order valence-electron chi connectivity index (χ3n) is 2.78. The van der Waals surface area contributed by atoms with E-state index in [2.05, 4.69) is 30.4 Å². The van der Waals surface area contributed by atoms with Gasteiger partial charge in [0.15, 0.2) is 0 Å². The first-order valence-electron chi connectivity index (χ1n) is 6.75. The number of thioether (sulfide) groups is 1. The number of hydrogen-bond acceptors (Lipinski definition) is 9. The van der Waals surface area contributed by atoms with E-state index >= 15 is 0 Å². The summed E-state index contributed by atoms with van der Waals surface area (Å²) in [5.74, 6) is 0.945. The maximum Gasteiger partial charge on any atom is 0.253 e. The van der Waals surface area contributed by atoms with Crippen LogP contribution in [0.15, 0.2) is 29.7 Å². The number of anilines is 1. The summed E-state index contributed by atoms with van der Waals surface area (Å²) in [5.41, 5.74) is 0. The molecule has 1 N–H and O–H groups in total. The predicted octanol–water partition coefficient (Wildman–Crippen LogP) is 0.662. The number of aromatic nitrogens is 6. The van der Waals surface area contributed by atoms with E-state index in [0.717, 1.165) is 0 Å². The van der Waals surface area contributed by atoms with Gasteiger partial charge in [-0.3, -0.25) is 10.1 Å². The van der Waals surface area contributed by atoms with Crippen LogP contribution in [-0.2, 0) is 4.79 Å². The molecule has 0 saturated heterocycles. The first-order chi connectivity index (χ1) is 11.7. The summed E-state index contributed by atoms with van der Waals surface area (Å²) in [6.07, 6.45) is 3.36. The fourth-order valence-corrected chi connectivity index (χ4v) is 2.36. The lowest BCUT2D eigenvalue weighted by Crippen LogP contribution is -2.16. The highest BCUT2D eigenvalue weighted by atomic mass is 32.2. The van der Waals surface area contributed by atoms with Crippen molar-refractivity contribution in [3.63, 3.8) is 0 Å². The number of amides is 1. The van der Waals surface area contributed by atoms with E-state index in [0.29, 0.717) is 10.9 Å². The van der Waals surface area contributed by atoms with Gasteiger partial charge in [-0.2, -0.15) is 15.0 Å². The molecular formula is C13H13N7O3S. The van der Waals surface area contributed by atoms with E-state index in [4.69, 9.17) is 9.47 Å². The van der Waals surface area contributed by atoms with Crippen molar-refractivity contribution in [3.8, 4) is 11.8 Å². The van der Waals surface area contributed by atoms with Gasteiger partial charge in [0.2, 0.25) is 28.8 Å². The van der Waals surface area contributed by atoms with Crippen LogP contribution in [-0.4, -0.2) is 55.4 Å². The molecule has 0 radical (unpaired) electrons. The lowest BCUT2D eigenvalue weighted by molar-refractivity contribution is -0.113. The molecule has 0 aliphatic carbocycles. The molecule has 10 nitrogen and oxygen atoms in total. The topological polar surface area (TPSA) is 116 Å². The van der Waals surface area contributed by atoms with Crippen molar-refractivity contribution >= 4 is 29.4 Å². The summed E-state index contributed by atoms with van der Waals surface area (Å²) >= 11 is 1.18. The Balaban J connectivity index is 1.63. The first-order valence-corrected chi connectivity index (χ1v) is 7.73. The quantitative estimate of drug-likeness (QED) is 0.642. The second kappa shape index (κ2) is 7.08. The fraction of sp³-hybridized carbons (Fsp3) is 0.231. The Morgan fingerprint density at radius 2 is 2.00 bits per heavy atom. The Kier molecular flexibility index (Phi) is 4.70. The zero-order valence-electron chi connectivity index (χ0n) is 12.8. The third kappa shape index (κ3) is 3.68. The molecule has 0 bridgehead atoms. The van der Waals surface area contributed by atoms with Gasteiger partial charge in [-0.05, 0) is 6.07 Å². The Hall–Kier alpha value is -2.95. The number of ether oxygens (including phenoxy) is 2. The van der Waals surface area contributed by atoms with E-state index < -0.39 is 0 Å². The minimum absolute atomic E-state index is 0.0970. The molecule has 3 aromatic rings. The minimum atomic E-state index is -0.304. The molecule has 0 aliphatic heterocycles. The van der Waals surface area contributed by atoms with Crippen LogP contribution in [0.25, 0.3) is 5.78 Å². The van der Waals surface area contributed by atoms with Crippen molar-refractivity contribution in [2.24, 2.45) is 0 Å². The van der Waals surface area contributed by atoms with Gasteiger partial charge in [0.25, 0.3) is 5.78 Å². The Morgan fingerprint density at radius 1 is 1.25 bits per heavy atom. The van der Waals surface area contributed by atoms with E-state index in [-0.39, 0.29) is 29.4 Å². The van der Waals surface area contributed by atoms with Crippen LogP contribution in [0.3, 0.4) is 0 Å². The molecule has 0 saturated carbocycles. The molecule has 3 heterocycles. The standard InChI is InChI=1S/C13H13N7O3S/c1-22-9-6-10(23-2)17-11(16-9)15-8(21)7-24-13-18-12-14-4-3-5-20(12)19-13/h3-6H,7H2,1-2H3,(H,15,16,17,21). The Bertz CT molecular complexity index is 814. The monoisotopic (exact) mass is 347 g/mol. The van der Waals surface area contributed by atoms with Crippen molar-refractivity contribution in [2.75, 3.05) is 25.3 Å². The molecule has 124 valence electrons. The van der Waals surface area contributed by atoms with Gasteiger partial charge < -0.3 is 9.47 Å². The summed E-state index contributed by atoms with van der Waals surface area (Å²) in [4.78, 5) is 28.3. The van der Waals surface area contributed by atoms with Crippen LogP contribution in [0.1, 0.15) is 0 Å². The van der Waals surface area contributed by atoms with Crippen molar-refractivity contribution in [1.29, 1.82) is 0 Å². The minimum Gasteiger partial charge on any atom is -0.481 e. The second-order valence-electron chi connectivity index (χ2n) is 4.37. The molecule has 3 aromatic heterocycles. The third-order valence-corrected chi connectivity index (χ3v) is 3.62. The van der Waals surface area contributed by atoms with Gasteiger partial charge in [-0.15, -0.1) is 5.10 Å². The van der Waals surface area contributed by atoms with Crippen LogP contribution >= 0.6 is 11.8 Å². The Morgan fingerprint density at radius 3 is 2.67 bits per heavy atom. The molecular weight excluding hydrogens is 334 g/mol. The van der Waals surface area contributed by atoms with Crippen molar-refractivity contribution in [1.82, 2.24) is 29.5 Å². The average Bonchev–Trinajstić information content (AvgIpc) is 3.02. The molecule has 0 atom stereocenters. The normalized spacial score (nSPS) is 10.6. The molecule has 0 fully saturated rings. The highest BCUT2D eigenvalue weighted by Crippen LogP contribution is 2.18. The van der Waals surface area contributed by atoms with E-state index in [9.17, 15) is 4.79 Å². The summed E-state index contributed by atoms with van der Waals surface area (Å²) in [7, 11) is 2.93. The maximum absolute atomic E-state index is 12.0. The number of rotatable bonds is 6. The summed E-state index contributed by atoms with van der Waals surface area (Å²) in [5, 5.41) is 7.23. The second-order valence-corrected chi connectivity index (χ2v) is 5.31. The van der Waals surface area contributed by atoms with E-state index in [1.54, 1.807) is 18.5 Å². The summed E-state index contributed by atoms with van der Waals surface area (Å²) in [6.45, 7) is 0. The van der Waals surface area contributed by atoms with E-state index in [1.165, 1.54) is 36.6 Å². The molecule has 0 unspecified atom stereocenters. The average molecular weight is 347 g/mol. The van der Waals surface area contributed by atoms with Crippen LogP contribution < -0.4 is 14.8 Å². The van der Waals surface area contributed by atoms with Gasteiger partial charge >= 0.3 is 0 Å². The summed E-state index contributed by atoms with van der Waals surface area (Å²) in [6, 6.07) is 3.26. The number of nitrogens with one attached hydrogen (secondary N) is 1. The first kappa shape index (κ1) is 15.9. The SMILES string of the molecule is COc1cc(OC)nc(NC(=O)CSc2nc3ncccn3n2)n1. The molecule has 11 heteroatoms. The maximum atomic E-state index is 12.0.